The van der Waals surface area contributed by atoms with Gasteiger partial charge in [-0.05, 0) is 43.2 Å². The smallest absolute Gasteiger partial charge is 0.243 e. The van der Waals surface area contributed by atoms with Crippen molar-refractivity contribution in [2.45, 2.75) is 25.5 Å². The lowest BCUT2D eigenvalue weighted by Crippen LogP contribution is -2.34. The van der Waals surface area contributed by atoms with Crippen LogP contribution in [-0.4, -0.2) is 38.9 Å². The molecular formula is C21H22BrN5O2S. The maximum atomic E-state index is 12.2. The number of nitrogens with zero attached hydrogens (tertiary/aromatic N) is 3. The normalized spacial score (nSPS) is 10.6. The first kappa shape index (κ1) is 22.0. The third-order valence-corrected chi connectivity index (χ3v) is 5.79. The molecule has 0 aliphatic heterocycles. The van der Waals surface area contributed by atoms with Crippen LogP contribution in [0.15, 0.2) is 58.2 Å². The van der Waals surface area contributed by atoms with E-state index in [1.807, 2.05) is 66.9 Å². The number of nitrogens with one attached hydrogen (secondary N) is 2. The number of amides is 2. The molecule has 0 bridgehead atoms. The first-order valence-corrected chi connectivity index (χ1v) is 11.1. The van der Waals surface area contributed by atoms with Crippen molar-refractivity contribution >= 4 is 45.2 Å². The van der Waals surface area contributed by atoms with Gasteiger partial charge in [0.2, 0.25) is 11.8 Å². The van der Waals surface area contributed by atoms with Crippen LogP contribution in [0.2, 0.25) is 0 Å². The molecule has 2 N–H and O–H groups in total. The first-order chi connectivity index (χ1) is 14.4. The minimum Gasteiger partial charge on any atom is -0.346 e. The summed E-state index contributed by atoms with van der Waals surface area (Å²) in [4.78, 5) is 24.3. The summed E-state index contributed by atoms with van der Waals surface area (Å²) < 4.78 is 2.91. The fourth-order valence-electron chi connectivity index (χ4n) is 2.74. The molecule has 1 heterocycles. The number of aromatic nitrogens is 3. The van der Waals surface area contributed by atoms with E-state index in [0.29, 0.717) is 11.7 Å². The largest absolute Gasteiger partial charge is 0.346 e. The summed E-state index contributed by atoms with van der Waals surface area (Å²) in [6.07, 6.45) is 0. The second kappa shape index (κ2) is 10.4. The Hall–Kier alpha value is -2.65. The van der Waals surface area contributed by atoms with Crippen LogP contribution >= 0.6 is 27.7 Å². The lowest BCUT2D eigenvalue weighted by Gasteiger charge is -2.10. The van der Waals surface area contributed by atoms with E-state index in [-0.39, 0.29) is 24.1 Å². The molecule has 3 aromatic rings. The number of benzene rings is 2. The fraction of sp³-hybridized carbons (Fsp3) is 0.238. The molecule has 0 saturated carbocycles. The molecule has 3 rings (SSSR count). The highest BCUT2D eigenvalue weighted by Crippen LogP contribution is 2.20. The van der Waals surface area contributed by atoms with Gasteiger partial charge in [-0.3, -0.25) is 9.59 Å². The summed E-state index contributed by atoms with van der Waals surface area (Å²) in [6.45, 7) is 4.33. The van der Waals surface area contributed by atoms with Crippen molar-refractivity contribution in [1.29, 1.82) is 0 Å². The summed E-state index contributed by atoms with van der Waals surface area (Å²) in [5.41, 5.74) is 2.79. The van der Waals surface area contributed by atoms with Crippen LogP contribution in [0.1, 0.15) is 17.0 Å². The molecule has 1 aromatic heterocycles. The van der Waals surface area contributed by atoms with E-state index in [1.54, 1.807) is 0 Å². The topological polar surface area (TPSA) is 88.9 Å². The zero-order valence-electron chi connectivity index (χ0n) is 16.7. The van der Waals surface area contributed by atoms with Crippen molar-refractivity contribution in [3.8, 4) is 0 Å². The average Bonchev–Trinajstić information content (AvgIpc) is 3.07. The van der Waals surface area contributed by atoms with Gasteiger partial charge in [0.25, 0.3) is 0 Å². The van der Waals surface area contributed by atoms with Crippen LogP contribution in [0.5, 0.6) is 0 Å². The molecule has 2 amide bonds. The van der Waals surface area contributed by atoms with Crippen LogP contribution in [0.3, 0.4) is 0 Å². The second-order valence-electron chi connectivity index (χ2n) is 6.67. The number of anilines is 1. The molecule has 0 atom stereocenters. The Kier molecular flexibility index (Phi) is 7.64. The van der Waals surface area contributed by atoms with Crippen molar-refractivity contribution < 1.29 is 9.59 Å². The van der Waals surface area contributed by atoms with Crippen molar-refractivity contribution in [2.75, 3.05) is 17.6 Å². The number of rotatable bonds is 8. The highest BCUT2D eigenvalue weighted by Gasteiger charge is 2.13. The Morgan fingerprint density at radius 1 is 1.07 bits per heavy atom. The molecule has 9 heteroatoms. The van der Waals surface area contributed by atoms with Gasteiger partial charge in [-0.15, -0.1) is 10.2 Å². The summed E-state index contributed by atoms with van der Waals surface area (Å²) in [5, 5.41) is 14.4. The SMILES string of the molecule is Cc1cc(Br)ccc1NC(=O)CNC(=O)CSc1nnc(C)n1Cc1ccccc1. The van der Waals surface area contributed by atoms with Crippen molar-refractivity contribution in [3.05, 3.63) is 70.0 Å². The highest BCUT2D eigenvalue weighted by atomic mass is 79.9. The molecule has 0 saturated heterocycles. The minimum absolute atomic E-state index is 0.0926. The van der Waals surface area contributed by atoms with Gasteiger partial charge in [-0.2, -0.15) is 0 Å². The standard InChI is InChI=1S/C21H22BrN5O2S/c1-14-10-17(22)8-9-18(14)24-19(28)11-23-20(29)13-30-21-26-25-15(2)27(21)12-16-6-4-3-5-7-16/h3-10H,11-13H2,1-2H3,(H,23,29)(H,24,28). The monoisotopic (exact) mass is 487 g/mol. The van der Waals surface area contributed by atoms with Crippen LogP contribution in [0.4, 0.5) is 5.69 Å². The molecule has 7 nitrogen and oxygen atoms in total. The van der Waals surface area contributed by atoms with E-state index in [0.717, 1.165) is 27.1 Å². The number of carbonyl (C=O) groups is 2. The molecule has 0 aliphatic carbocycles. The third-order valence-electron chi connectivity index (χ3n) is 4.33. The van der Waals surface area contributed by atoms with E-state index >= 15 is 0 Å². The quantitative estimate of drug-likeness (QED) is 0.474. The van der Waals surface area contributed by atoms with Crippen molar-refractivity contribution in [1.82, 2.24) is 20.1 Å². The number of hydrogen-bond acceptors (Lipinski definition) is 5. The number of hydrogen-bond donors (Lipinski definition) is 2. The van der Waals surface area contributed by atoms with Gasteiger partial charge >= 0.3 is 0 Å². The lowest BCUT2D eigenvalue weighted by atomic mass is 10.2. The molecule has 0 aliphatic rings. The highest BCUT2D eigenvalue weighted by molar-refractivity contribution is 9.10. The van der Waals surface area contributed by atoms with Gasteiger partial charge in [-0.1, -0.05) is 58.0 Å². The van der Waals surface area contributed by atoms with E-state index in [2.05, 4.69) is 36.8 Å². The Morgan fingerprint density at radius 2 is 1.83 bits per heavy atom. The van der Waals surface area contributed by atoms with Gasteiger partial charge in [0, 0.05) is 10.2 Å². The summed E-state index contributed by atoms with van der Waals surface area (Å²) in [6, 6.07) is 15.6. The van der Waals surface area contributed by atoms with E-state index < -0.39 is 0 Å². The van der Waals surface area contributed by atoms with Crippen LogP contribution in [0, 0.1) is 13.8 Å². The Bertz CT molecular complexity index is 1040. The van der Waals surface area contributed by atoms with Crippen molar-refractivity contribution in [2.24, 2.45) is 0 Å². The summed E-state index contributed by atoms with van der Waals surface area (Å²) in [5.74, 6) is 0.416. The van der Waals surface area contributed by atoms with Crippen LogP contribution in [-0.2, 0) is 16.1 Å². The molecule has 0 unspecified atom stereocenters. The number of thioether (sulfide) groups is 1. The summed E-state index contributed by atoms with van der Waals surface area (Å²) in [7, 11) is 0. The predicted molar refractivity (Wildman–Crippen MR) is 122 cm³/mol. The Labute approximate surface area is 187 Å². The molecule has 0 radical (unpaired) electrons. The maximum Gasteiger partial charge on any atom is 0.243 e. The molecule has 0 spiro atoms. The van der Waals surface area contributed by atoms with Crippen molar-refractivity contribution in [3.63, 3.8) is 0 Å². The predicted octanol–water partition coefficient (Wildman–Crippen LogP) is 3.55. The maximum absolute atomic E-state index is 12.2. The van der Waals surface area contributed by atoms with E-state index in [4.69, 9.17) is 0 Å². The zero-order chi connectivity index (χ0) is 21.5. The average molecular weight is 488 g/mol. The van der Waals surface area contributed by atoms with E-state index in [9.17, 15) is 9.59 Å². The minimum atomic E-state index is -0.276. The van der Waals surface area contributed by atoms with Crippen LogP contribution < -0.4 is 10.6 Å². The Balaban J connectivity index is 1.48. The summed E-state index contributed by atoms with van der Waals surface area (Å²) >= 11 is 4.69. The number of aryl methyl sites for hydroxylation is 2. The number of carbonyl (C=O) groups excluding carboxylic acids is 2. The van der Waals surface area contributed by atoms with Gasteiger partial charge < -0.3 is 15.2 Å². The first-order valence-electron chi connectivity index (χ1n) is 9.31. The molecule has 0 fully saturated rings. The van der Waals surface area contributed by atoms with Crippen LogP contribution in [0.25, 0.3) is 0 Å². The molecule has 2 aromatic carbocycles. The lowest BCUT2D eigenvalue weighted by molar-refractivity contribution is -0.122. The zero-order valence-corrected chi connectivity index (χ0v) is 19.1. The third kappa shape index (κ3) is 6.17. The van der Waals surface area contributed by atoms with Gasteiger partial charge in [0.05, 0.1) is 18.8 Å². The van der Waals surface area contributed by atoms with Gasteiger partial charge in [-0.25, -0.2) is 0 Å². The fourth-order valence-corrected chi connectivity index (χ4v) is 4.03. The molecular weight excluding hydrogens is 466 g/mol. The van der Waals surface area contributed by atoms with Gasteiger partial charge in [0.15, 0.2) is 5.16 Å². The number of halogens is 1. The van der Waals surface area contributed by atoms with Gasteiger partial charge in [0.1, 0.15) is 5.82 Å². The molecule has 30 heavy (non-hydrogen) atoms. The van der Waals surface area contributed by atoms with E-state index in [1.165, 1.54) is 11.8 Å². The second-order valence-corrected chi connectivity index (χ2v) is 8.53. The molecule has 156 valence electrons. The Morgan fingerprint density at radius 3 is 2.57 bits per heavy atom.